The summed E-state index contributed by atoms with van der Waals surface area (Å²) in [5.41, 5.74) is 1.76. The third kappa shape index (κ3) is 0.810. The molecule has 0 N–H and O–H groups in total. The summed E-state index contributed by atoms with van der Waals surface area (Å²) >= 11 is 0. The highest BCUT2D eigenvalue weighted by Gasteiger charge is 2.84. The van der Waals surface area contributed by atoms with Crippen LogP contribution in [0.5, 0.6) is 0 Å². The molecule has 0 spiro atoms. The van der Waals surface area contributed by atoms with Crippen molar-refractivity contribution in [3.05, 3.63) is 54.1 Å². The molecule has 4 aliphatic carbocycles. The maximum atomic E-state index is 12.9. The fourth-order valence-corrected chi connectivity index (χ4v) is 4.67. The molecule has 2 heteroatoms. The average molecular weight is 250 g/mol. The second-order valence-corrected chi connectivity index (χ2v) is 6.10. The standard InChI is InChI=1S/C17H14O2/c1-10-13-4-2-3-5-14(13)15(18)17-12-8-6-11(7-9-12)16(10,17)19-17/h2-6,8,11-12H,1,7,9H2/t11-,12-,16+,17+/m0/s1. The van der Waals surface area contributed by atoms with Crippen LogP contribution in [0.25, 0.3) is 5.57 Å². The molecular formula is C17H14O2. The molecule has 6 rings (SSSR count). The second-order valence-electron chi connectivity index (χ2n) is 6.10. The van der Waals surface area contributed by atoms with E-state index in [0.717, 1.165) is 29.5 Å². The van der Waals surface area contributed by atoms with Crippen LogP contribution in [0.15, 0.2) is 43.0 Å². The lowest BCUT2D eigenvalue weighted by molar-refractivity contribution is 0.0809. The molecule has 0 unspecified atom stereocenters. The molecule has 0 aromatic heterocycles. The number of ether oxygens (including phenoxy) is 1. The molecule has 4 atom stereocenters. The third-order valence-electron chi connectivity index (χ3n) is 5.52. The molecular weight excluding hydrogens is 236 g/mol. The van der Waals surface area contributed by atoms with Crippen LogP contribution in [0.3, 0.4) is 0 Å². The Morgan fingerprint density at radius 2 is 1.68 bits per heavy atom. The topological polar surface area (TPSA) is 29.6 Å². The maximum absolute atomic E-state index is 12.9. The molecule has 5 aliphatic rings. The third-order valence-corrected chi connectivity index (χ3v) is 5.52. The van der Waals surface area contributed by atoms with Gasteiger partial charge in [-0.05, 0) is 24.0 Å². The van der Waals surface area contributed by atoms with Crippen molar-refractivity contribution in [1.29, 1.82) is 0 Å². The normalized spacial score (nSPS) is 44.6. The number of epoxide rings is 1. The molecule has 1 saturated heterocycles. The summed E-state index contributed by atoms with van der Waals surface area (Å²) in [7, 11) is 0. The van der Waals surface area contributed by atoms with Crippen molar-refractivity contribution in [2.45, 2.75) is 24.0 Å². The Morgan fingerprint density at radius 1 is 1.05 bits per heavy atom. The Bertz CT molecular complexity index is 629. The lowest BCUT2D eigenvalue weighted by Gasteiger charge is -2.42. The second kappa shape index (κ2) is 2.75. The molecule has 1 aliphatic heterocycles. The van der Waals surface area contributed by atoms with Gasteiger partial charge in [-0.25, -0.2) is 0 Å². The van der Waals surface area contributed by atoms with E-state index in [4.69, 9.17) is 4.74 Å². The van der Waals surface area contributed by atoms with Crippen molar-refractivity contribution in [3.8, 4) is 0 Å². The van der Waals surface area contributed by atoms with Gasteiger partial charge in [-0.1, -0.05) is 43.0 Å². The van der Waals surface area contributed by atoms with Crippen molar-refractivity contribution in [2.75, 3.05) is 0 Å². The van der Waals surface area contributed by atoms with Crippen LogP contribution >= 0.6 is 0 Å². The van der Waals surface area contributed by atoms with Crippen molar-refractivity contribution in [1.82, 2.24) is 0 Å². The molecule has 2 fully saturated rings. The van der Waals surface area contributed by atoms with Gasteiger partial charge in [0.15, 0.2) is 11.4 Å². The highest BCUT2D eigenvalue weighted by atomic mass is 16.6. The minimum atomic E-state index is -0.615. The molecule has 1 aromatic rings. The SMILES string of the molecule is C=C1c2ccccc2C(=O)[C@@]23O[C@@]12[C@H]1C=C[C@H]3CC1. The summed E-state index contributed by atoms with van der Waals surface area (Å²) in [6.45, 7) is 4.29. The van der Waals surface area contributed by atoms with Gasteiger partial charge in [0.1, 0.15) is 5.60 Å². The van der Waals surface area contributed by atoms with E-state index in [2.05, 4.69) is 18.7 Å². The van der Waals surface area contributed by atoms with Gasteiger partial charge in [-0.15, -0.1) is 0 Å². The van der Waals surface area contributed by atoms with Crippen molar-refractivity contribution in [2.24, 2.45) is 11.8 Å². The molecule has 1 aromatic carbocycles. The predicted molar refractivity (Wildman–Crippen MR) is 71.7 cm³/mol. The number of fused-ring (bicyclic) bond motifs is 2. The minimum absolute atomic E-state index is 0.176. The van der Waals surface area contributed by atoms with E-state index in [1.807, 2.05) is 24.3 Å². The highest BCUT2D eigenvalue weighted by Crippen LogP contribution is 2.73. The molecule has 2 bridgehead atoms. The number of Topliss-reactive ketones (excluding diaryl/α,β-unsaturated/α-hetero) is 1. The summed E-state index contributed by atoms with van der Waals surface area (Å²) in [5, 5.41) is 0. The van der Waals surface area contributed by atoms with E-state index in [1.54, 1.807) is 0 Å². The van der Waals surface area contributed by atoms with Gasteiger partial charge in [0.05, 0.1) is 0 Å². The smallest absolute Gasteiger partial charge is 0.199 e. The molecule has 1 saturated carbocycles. The number of rotatable bonds is 0. The fourth-order valence-electron chi connectivity index (χ4n) is 4.67. The Morgan fingerprint density at radius 3 is 2.37 bits per heavy atom. The van der Waals surface area contributed by atoms with Crippen LogP contribution < -0.4 is 0 Å². The van der Waals surface area contributed by atoms with E-state index >= 15 is 0 Å². The molecule has 1 heterocycles. The van der Waals surface area contributed by atoms with Crippen LogP contribution in [-0.4, -0.2) is 17.0 Å². The molecule has 2 nitrogen and oxygen atoms in total. The molecule has 0 amide bonds. The van der Waals surface area contributed by atoms with Crippen LogP contribution in [0, 0.1) is 11.8 Å². The van der Waals surface area contributed by atoms with Crippen molar-refractivity contribution >= 4 is 11.4 Å². The van der Waals surface area contributed by atoms with Crippen molar-refractivity contribution < 1.29 is 9.53 Å². The van der Waals surface area contributed by atoms with Crippen LogP contribution in [-0.2, 0) is 4.74 Å². The summed E-state index contributed by atoms with van der Waals surface area (Å²) < 4.78 is 6.20. The molecule has 0 radical (unpaired) electrons. The van der Waals surface area contributed by atoms with E-state index in [9.17, 15) is 4.79 Å². The zero-order valence-electron chi connectivity index (χ0n) is 10.6. The predicted octanol–water partition coefficient (Wildman–Crippen LogP) is 3.00. The largest absolute Gasteiger partial charge is 0.347 e. The summed E-state index contributed by atoms with van der Waals surface area (Å²) in [6.07, 6.45) is 6.60. The van der Waals surface area contributed by atoms with Gasteiger partial charge in [0.25, 0.3) is 0 Å². The zero-order chi connectivity index (χ0) is 12.8. The number of benzene rings is 1. The fraction of sp³-hybridized carbons (Fsp3) is 0.353. The summed E-state index contributed by atoms with van der Waals surface area (Å²) in [6, 6.07) is 7.81. The van der Waals surface area contributed by atoms with Gasteiger partial charge in [0, 0.05) is 17.4 Å². The Labute approximate surface area is 111 Å². The number of hydrogen-bond donors (Lipinski definition) is 0. The zero-order valence-corrected chi connectivity index (χ0v) is 10.6. The quantitative estimate of drug-likeness (QED) is 0.523. The molecule has 19 heavy (non-hydrogen) atoms. The number of carbonyl (C=O) groups excluding carboxylic acids is 1. The van der Waals surface area contributed by atoms with Gasteiger partial charge >= 0.3 is 0 Å². The summed E-state index contributed by atoms with van der Waals surface area (Å²) in [4.78, 5) is 12.9. The highest BCUT2D eigenvalue weighted by molar-refractivity contribution is 6.16. The van der Waals surface area contributed by atoms with Gasteiger partial charge in [-0.3, -0.25) is 4.79 Å². The summed E-state index contributed by atoms with van der Waals surface area (Å²) in [5.74, 6) is 0.729. The first kappa shape index (κ1) is 10.2. The first-order valence-corrected chi connectivity index (χ1v) is 6.94. The van der Waals surface area contributed by atoms with Crippen LogP contribution in [0.2, 0.25) is 0 Å². The maximum Gasteiger partial charge on any atom is 0.199 e. The molecule has 94 valence electrons. The number of hydrogen-bond acceptors (Lipinski definition) is 2. The number of carbonyl (C=O) groups is 1. The first-order chi connectivity index (χ1) is 9.22. The van der Waals surface area contributed by atoms with E-state index in [1.165, 1.54) is 0 Å². The van der Waals surface area contributed by atoms with Gasteiger partial charge in [0.2, 0.25) is 0 Å². The van der Waals surface area contributed by atoms with E-state index < -0.39 is 11.2 Å². The van der Waals surface area contributed by atoms with Gasteiger partial charge < -0.3 is 4.74 Å². The lowest BCUT2D eigenvalue weighted by Crippen LogP contribution is -2.52. The minimum Gasteiger partial charge on any atom is -0.347 e. The lowest BCUT2D eigenvalue weighted by atomic mass is 9.55. The Balaban J connectivity index is 1.84. The first-order valence-electron chi connectivity index (χ1n) is 6.94. The van der Waals surface area contributed by atoms with Crippen LogP contribution in [0.1, 0.15) is 28.8 Å². The van der Waals surface area contributed by atoms with E-state index in [0.29, 0.717) is 5.92 Å². The van der Waals surface area contributed by atoms with E-state index in [-0.39, 0.29) is 11.7 Å². The van der Waals surface area contributed by atoms with Crippen LogP contribution in [0.4, 0.5) is 0 Å². The van der Waals surface area contributed by atoms with Gasteiger partial charge in [-0.2, -0.15) is 0 Å². The number of ketones is 1. The Kier molecular flexibility index (Phi) is 1.47. The Hall–Kier alpha value is -1.67. The average Bonchev–Trinajstić information content (AvgIpc) is 3.22. The monoisotopic (exact) mass is 250 g/mol. The van der Waals surface area contributed by atoms with Crippen molar-refractivity contribution in [3.63, 3.8) is 0 Å².